The number of aliphatic hydroxyl groups is 1. The summed E-state index contributed by atoms with van der Waals surface area (Å²) in [5, 5.41) is 40.9. The van der Waals surface area contributed by atoms with Crippen LogP contribution in [0.4, 0.5) is 0 Å². The Bertz CT molecular complexity index is 761. The van der Waals surface area contributed by atoms with Gasteiger partial charge < -0.3 is 20.4 Å². The SMILES string of the molecule is CC1(C(=O)O)C(O)CCC2(C(=O)O)C3CCC4CC3(CC4=O)C(C(=O)O)C12. The molecule has 8 nitrogen and oxygen atoms in total. The highest BCUT2D eigenvalue weighted by Gasteiger charge is 2.80. The molecule has 1 spiro atoms. The third-order valence-electron chi connectivity index (χ3n) is 8.51. The topological polar surface area (TPSA) is 149 Å². The number of Topliss-reactive ketones (excluding diaryl/α,β-unsaturated/α-hetero) is 1. The predicted octanol–water partition coefficient (Wildman–Crippen LogP) is 1.01. The highest BCUT2D eigenvalue weighted by atomic mass is 16.4. The molecule has 4 aliphatic carbocycles. The van der Waals surface area contributed by atoms with Crippen LogP contribution in [-0.2, 0) is 19.2 Å². The summed E-state index contributed by atoms with van der Waals surface area (Å²) in [6, 6.07) is 0. The van der Waals surface area contributed by atoms with E-state index < -0.39 is 58.0 Å². The van der Waals surface area contributed by atoms with Gasteiger partial charge >= 0.3 is 17.9 Å². The smallest absolute Gasteiger partial charge is 0.312 e. The fraction of sp³-hybridized carbons (Fsp3) is 0.789. The van der Waals surface area contributed by atoms with Crippen LogP contribution in [0.2, 0.25) is 0 Å². The summed E-state index contributed by atoms with van der Waals surface area (Å²) in [6.45, 7) is 1.28. The summed E-state index contributed by atoms with van der Waals surface area (Å²) >= 11 is 0. The number of carboxylic acid groups (broad SMARTS) is 3. The largest absolute Gasteiger partial charge is 0.481 e. The normalized spacial score (nSPS) is 50.7. The second-order valence-corrected chi connectivity index (χ2v) is 9.19. The molecule has 4 aliphatic rings. The molecule has 0 saturated heterocycles. The van der Waals surface area contributed by atoms with Gasteiger partial charge in [0.1, 0.15) is 5.78 Å². The first-order valence-corrected chi connectivity index (χ1v) is 9.44. The van der Waals surface area contributed by atoms with Crippen LogP contribution in [-0.4, -0.2) is 50.2 Å². The molecular formula is C19H24O8. The summed E-state index contributed by atoms with van der Waals surface area (Å²) < 4.78 is 0. The first-order chi connectivity index (χ1) is 12.5. The average molecular weight is 380 g/mol. The van der Waals surface area contributed by atoms with Crippen molar-refractivity contribution in [2.75, 3.05) is 0 Å². The Labute approximate surface area is 155 Å². The first kappa shape index (κ1) is 18.4. The highest BCUT2D eigenvalue weighted by molar-refractivity contribution is 5.90. The van der Waals surface area contributed by atoms with Gasteiger partial charge in [0, 0.05) is 18.3 Å². The Balaban J connectivity index is 2.02. The maximum atomic E-state index is 12.6. The number of hydrogen-bond acceptors (Lipinski definition) is 5. The minimum atomic E-state index is -1.90. The zero-order chi connectivity index (χ0) is 19.9. The molecule has 8 heteroatoms. The fourth-order valence-electron chi connectivity index (χ4n) is 7.51. The fourth-order valence-corrected chi connectivity index (χ4v) is 7.51. The molecule has 0 aromatic carbocycles. The zero-order valence-corrected chi connectivity index (χ0v) is 15.1. The molecule has 148 valence electrons. The van der Waals surface area contributed by atoms with Gasteiger partial charge in [-0.1, -0.05) is 0 Å². The molecule has 27 heavy (non-hydrogen) atoms. The van der Waals surface area contributed by atoms with Gasteiger partial charge in [0.2, 0.25) is 0 Å². The van der Waals surface area contributed by atoms with Crippen molar-refractivity contribution in [3.63, 3.8) is 0 Å². The van der Waals surface area contributed by atoms with Crippen LogP contribution in [0.1, 0.15) is 45.4 Å². The molecule has 0 radical (unpaired) electrons. The lowest BCUT2D eigenvalue weighted by atomic mass is 9.51. The maximum absolute atomic E-state index is 12.6. The zero-order valence-electron chi connectivity index (χ0n) is 15.1. The van der Waals surface area contributed by atoms with Crippen LogP contribution >= 0.6 is 0 Å². The second kappa shape index (κ2) is 5.31. The number of carbonyl (C=O) groups is 4. The molecule has 4 rings (SSSR count). The molecule has 0 aliphatic heterocycles. The van der Waals surface area contributed by atoms with E-state index in [9.17, 15) is 39.6 Å². The Hall–Kier alpha value is -1.96. The minimum absolute atomic E-state index is 0.00335. The number of fused-ring (bicyclic) bond motifs is 3. The molecule has 0 amide bonds. The monoisotopic (exact) mass is 380 g/mol. The molecule has 0 aromatic heterocycles. The van der Waals surface area contributed by atoms with Crippen molar-refractivity contribution in [3.8, 4) is 0 Å². The molecule has 0 aromatic rings. The van der Waals surface area contributed by atoms with Crippen LogP contribution in [0.25, 0.3) is 0 Å². The average Bonchev–Trinajstić information content (AvgIpc) is 2.99. The van der Waals surface area contributed by atoms with E-state index in [1.165, 1.54) is 6.92 Å². The van der Waals surface area contributed by atoms with E-state index in [0.717, 1.165) is 0 Å². The molecule has 4 fully saturated rings. The Kier molecular flexibility index (Phi) is 3.62. The molecule has 8 atom stereocenters. The Morgan fingerprint density at radius 3 is 2.26 bits per heavy atom. The van der Waals surface area contributed by atoms with Crippen LogP contribution in [0.3, 0.4) is 0 Å². The van der Waals surface area contributed by atoms with E-state index in [2.05, 4.69) is 0 Å². The lowest BCUT2D eigenvalue weighted by Gasteiger charge is -2.51. The van der Waals surface area contributed by atoms with E-state index in [4.69, 9.17) is 0 Å². The van der Waals surface area contributed by atoms with Crippen molar-refractivity contribution in [2.24, 2.45) is 39.9 Å². The van der Waals surface area contributed by atoms with Crippen molar-refractivity contribution in [1.29, 1.82) is 0 Å². The molecule has 8 unspecified atom stereocenters. The number of ketones is 1. The predicted molar refractivity (Wildman–Crippen MR) is 88.6 cm³/mol. The Morgan fingerprint density at radius 1 is 1.04 bits per heavy atom. The quantitative estimate of drug-likeness (QED) is 0.567. The highest BCUT2D eigenvalue weighted by Crippen LogP contribution is 2.76. The van der Waals surface area contributed by atoms with Crippen LogP contribution in [0.15, 0.2) is 0 Å². The summed E-state index contributed by atoms with van der Waals surface area (Å²) in [4.78, 5) is 49.7. The standard InChI is InChI=1S/C19H24O8/c1-17(15(24)25)11(21)4-5-19(16(26)27)10-3-2-8-6-18(10,7-9(8)20)12(13(17)19)14(22)23/h8,10-13,21H,2-7H2,1H3,(H,22,23)(H,24,25)(H,26,27). The molecular weight excluding hydrogens is 356 g/mol. The third-order valence-corrected chi connectivity index (χ3v) is 8.51. The number of carboxylic acids is 3. The summed E-state index contributed by atoms with van der Waals surface area (Å²) in [5.74, 6) is -7.26. The van der Waals surface area contributed by atoms with E-state index in [0.29, 0.717) is 19.3 Å². The Morgan fingerprint density at radius 2 is 1.70 bits per heavy atom. The van der Waals surface area contributed by atoms with Crippen LogP contribution in [0.5, 0.6) is 0 Å². The van der Waals surface area contributed by atoms with Gasteiger partial charge in [-0.25, -0.2) is 0 Å². The van der Waals surface area contributed by atoms with E-state index >= 15 is 0 Å². The lowest BCUT2D eigenvalue weighted by Crippen LogP contribution is -2.60. The number of rotatable bonds is 3. The van der Waals surface area contributed by atoms with Crippen molar-refractivity contribution >= 4 is 23.7 Å². The summed E-state index contributed by atoms with van der Waals surface area (Å²) in [7, 11) is 0. The van der Waals surface area contributed by atoms with Crippen LogP contribution < -0.4 is 0 Å². The van der Waals surface area contributed by atoms with E-state index in [1.54, 1.807) is 0 Å². The van der Waals surface area contributed by atoms with Gasteiger partial charge in [-0.3, -0.25) is 19.2 Å². The third kappa shape index (κ3) is 1.87. The number of hydrogen-bond donors (Lipinski definition) is 4. The number of aliphatic hydroxyl groups excluding tert-OH is 1. The molecule has 4 N–H and O–H groups in total. The van der Waals surface area contributed by atoms with E-state index in [-0.39, 0.29) is 31.0 Å². The van der Waals surface area contributed by atoms with Gasteiger partial charge in [0.25, 0.3) is 0 Å². The minimum Gasteiger partial charge on any atom is -0.481 e. The first-order valence-electron chi connectivity index (χ1n) is 9.44. The molecule has 2 bridgehead atoms. The van der Waals surface area contributed by atoms with E-state index in [1.807, 2.05) is 0 Å². The molecule has 4 saturated carbocycles. The van der Waals surface area contributed by atoms with Crippen molar-refractivity contribution in [2.45, 2.75) is 51.6 Å². The lowest BCUT2D eigenvalue weighted by molar-refractivity contribution is -0.191. The van der Waals surface area contributed by atoms with Gasteiger partial charge in [0.15, 0.2) is 0 Å². The molecule has 0 heterocycles. The van der Waals surface area contributed by atoms with Gasteiger partial charge in [0.05, 0.1) is 22.9 Å². The van der Waals surface area contributed by atoms with Gasteiger partial charge in [-0.05, 0) is 50.4 Å². The van der Waals surface area contributed by atoms with Crippen LogP contribution in [0, 0.1) is 39.9 Å². The maximum Gasteiger partial charge on any atom is 0.312 e. The van der Waals surface area contributed by atoms with Crippen molar-refractivity contribution < 1.29 is 39.6 Å². The van der Waals surface area contributed by atoms with Crippen molar-refractivity contribution in [3.05, 3.63) is 0 Å². The number of carbonyl (C=O) groups excluding carboxylic acids is 1. The van der Waals surface area contributed by atoms with Crippen molar-refractivity contribution in [1.82, 2.24) is 0 Å². The van der Waals surface area contributed by atoms with Gasteiger partial charge in [-0.2, -0.15) is 0 Å². The van der Waals surface area contributed by atoms with Gasteiger partial charge in [-0.15, -0.1) is 0 Å². The number of aliphatic carboxylic acids is 3. The summed E-state index contributed by atoms with van der Waals surface area (Å²) in [5.41, 5.74) is -4.48. The summed E-state index contributed by atoms with van der Waals surface area (Å²) in [6.07, 6.45) is -0.0747. The second-order valence-electron chi connectivity index (χ2n) is 9.19.